The smallest absolute Gasteiger partial charge is 0.256 e. The van der Waals surface area contributed by atoms with Crippen LogP contribution in [0.4, 0.5) is 5.69 Å². The first kappa shape index (κ1) is 24.1. The number of hydrogen-bond donors (Lipinski definition) is 1. The van der Waals surface area contributed by atoms with Gasteiger partial charge in [-0.1, -0.05) is 33.1 Å². The Balaban J connectivity index is 1.45. The molecule has 2 aliphatic rings. The quantitative estimate of drug-likeness (QED) is 0.488. The number of nitrogens with zero attached hydrogens (tertiary/aromatic N) is 1. The fourth-order valence-corrected chi connectivity index (χ4v) is 4.92. The first-order valence-corrected chi connectivity index (χ1v) is 12.5. The number of anilines is 1. The molecule has 31 heavy (non-hydrogen) atoms. The zero-order chi connectivity index (χ0) is 21.9. The number of ether oxygens (including phenoxy) is 2. The SMILES string of the molecule is CCCOC1(C(=O)Nc2ccc(OCCCN3CCCCCC3)cc2)CCCC(C)C1. The highest BCUT2D eigenvalue weighted by Gasteiger charge is 2.42. The molecule has 1 saturated heterocycles. The summed E-state index contributed by atoms with van der Waals surface area (Å²) in [7, 11) is 0. The predicted molar refractivity (Wildman–Crippen MR) is 127 cm³/mol. The second-order valence-corrected chi connectivity index (χ2v) is 9.48. The van der Waals surface area contributed by atoms with E-state index in [4.69, 9.17) is 9.47 Å². The van der Waals surface area contributed by atoms with Gasteiger partial charge in [-0.3, -0.25) is 4.79 Å². The molecule has 0 spiro atoms. The van der Waals surface area contributed by atoms with Crippen LogP contribution in [-0.2, 0) is 9.53 Å². The van der Waals surface area contributed by atoms with Crippen LogP contribution < -0.4 is 10.1 Å². The van der Waals surface area contributed by atoms with Crippen LogP contribution in [0.2, 0.25) is 0 Å². The van der Waals surface area contributed by atoms with Gasteiger partial charge in [0.2, 0.25) is 0 Å². The summed E-state index contributed by atoms with van der Waals surface area (Å²) in [6.07, 6.45) is 11.2. The summed E-state index contributed by atoms with van der Waals surface area (Å²) in [6, 6.07) is 7.76. The van der Waals surface area contributed by atoms with E-state index in [-0.39, 0.29) is 5.91 Å². The molecule has 1 heterocycles. The molecule has 1 aliphatic heterocycles. The van der Waals surface area contributed by atoms with Gasteiger partial charge in [-0.25, -0.2) is 0 Å². The summed E-state index contributed by atoms with van der Waals surface area (Å²) in [5.41, 5.74) is 0.121. The van der Waals surface area contributed by atoms with Crippen LogP contribution in [0.5, 0.6) is 5.75 Å². The Morgan fingerprint density at radius 3 is 2.52 bits per heavy atom. The lowest BCUT2D eigenvalue weighted by atomic mass is 9.78. The van der Waals surface area contributed by atoms with E-state index in [1.54, 1.807) is 0 Å². The number of hydrogen-bond acceptors (Lipinski definition) is 4. The molecule has 1 aromatic carbocycles. The molecule has 5 nitrogen and oxygen atoms in total. The normalized spacial score (nSPS) is 25.0. The van der Waals surface area contributed by atoms with Crippen LogP contribution >= 0.6 is 0 Å². The van der Waals surface area contributed by atoms with Crippen molar-refractivity contribution < 1.29 is 14.3 Å². The summed E-state index contributed by atoms with van der Waals surface area (Å²) in [4.78, 5) is 15.7. The van der Waals surface area contributed by atoms with Gasteiger partial charge < -0.3 is 19.7 Å². The Labute approximate surface area is 188 Å². The van der Waals surface area contributed by atoms with Crippen molar-refractivity contribution in [3.63, 3.8) is 0 Å². The summed E-state index contributed by atoms with van der Waals surface area (Å²) in [6.45, 7) is 9.25. The Hall–Kier alpha value is -1.59. The molecule has 1 aliphatic carbocycles. The fraction of sp³-hybridized carbons (Fsp3) is 0.731. The highest BCUT2D eigenvalue weighted by molar-refractivity contribution is 5.97. The molecule has 2 unspecified atom stereocenters. The number of likely N-dealkylation sites (tertiary alicyclic amines) is 1. The summed E-state index contributed by atoms with van der Waals surface area (Å²) < 4.78 is 12.1. The van der Waals surface area contributed by atoms with Gasteiger partial charge in [-0.2, -0.15) is 0 Å². The van der Waals surface area contributed by atoms with Crippen molar-refractivity contribution in [2.75, 3.05) is 38.2 Å². The molecule has 0 aromatic heterocycles. The molecule has 3 rings (SSSR count). The van der Waals surface area contributed by atoms with E-state index in [1.807, 2.05) is 24.3 Å². The van der Waals surface area contributed by atoms with E-state index < -0.39 is 5.60 Å². The van der Waals surface area contributed by atoms with Gasteiger partial charge in [0.15, 0.2) is 0 Å². The van der Waals surface area contributed by atoms with Gasteiger partial charge in [-0.05, 0) is 88.2 Å². The molecule has 1 N–H and O–H groups in total. The van der Waals surface area contributed by atoms with E-state index in [0.717, 1.165) is 56.7 Å². The monoisotopic (exact) mass is 430 g/mol. The first-order valence-electron chi connectivity index (χ1n) is 12.5. The summed E-state index contributed by atoms with van der Waals surface area (Å²) in [5.74, 6) is 1.37. The van der Waals surface area contributed by atoms with E-state index in [0.29, 0.717) is 12.5 Å². The van der Waals surface area contributed by atoms with Crippen molar-refractivity contribution in [1.29, 1.82) is 0 Å². The maximum atomic E-state index is 13.1. The number of nitrogens with one attached hydrogen (secondary N) is 1. The Morgan fingerprint density at radius 2 is 1.84 bits per heavy atom. The number of benzene rings is 1. The van der Waals surface area contributed by atoms with Gasteiger partial charge in [0.25, 0.3) is 5.91 Å². The van der Waals surface area contributed by atoms with Crippen LogP contribution in [-0.4, -0.2) is 49.3 Å². The lowest BCUT2D eigenvalue weighted by Gasteiger charge is -2.38. The van der Waals surface area contributed by atoms with Gasteiger partial charge in [-0.15, -0.1) is 0 Å². The number of rotatable bonds is 10. The molecular weight excluding hydrogens is 388 g/mol. The largest absolute Gasteiger partial charge is 0.494 e. The topological polar surface area (TPSA) is 50.8 Å². The van der Waals surface area contributed by atoms with Crippen molar-refractivity contribution in [3.8, 4) is 5.75 Å². The summed E-state index contributed by atoms with van der Waals surface area (Å²) >= 11 is 0. The van der Waals surface area contributed by atoms with Crippen LogP contribution in [0.3, 0.4) is 0 Å². The van der Waals surface area contributed by atoms with Gasteiger partial charge in [0.05, 0.1) is 6.61 Å². The van der Waals surface area contributed by atoms with Crippen LogP contribution in [0, 0.1) is 5.92 Å². The molecule has 1 saturated carbocycles. The first-order chi connectivity index (χ1) is 15.1. The third-order valence-corrected chi connectivity index (χ3v) is 6.65. The van der Waals surface area contributed by atoms with E-state index in [1.165, 1.54) is 45.2 Å². The van der Waals surface area contributed by atoms with Crippen molar-refractivity contribution >= 4 is 11.6 Å². The van der Waals surface area contributed by atoms with E-state index >= 15 is 0 Å². The minimum Gasteiger partial charge on any atom is -0.494 e. The molecule has 2 atom stereocenters. The van der Waals surface area contributed by atoms with Crippen LogP contribution in [0.15, 0.2) is 24.3 Å². The maximum Gasteiger partial charge on any atom is 0.256 e. The Kier molecular flexibility index (Phi) is 9.66. The van der Waals surface area contributed by atoms with Gasteiger partial charge in [0, 0.05) is 18.8 Å². The fourth-order valence-electron chi connectivity index (χ4n) is 4.92. The standard InChI is InChI=1S/C26H42N2O3/c1-3-19-31-26(15-8-10-22(2)21-26)25(29)27-23-11-13-24(14-12-23)30-20-9-18-28-16-6-4-5-7-17-28/h11-14,22H,3-10,15-21H2,1-2H3,(H,27,29). The molecule has 1 amide bonds. The van der Waals surface area contributed by atoms with E-state index in [2.05, 4.69) is 24.1 Å². The van der Waals surface area contributed by atoms with Gasteiger partial charge in [0.1, 0.15) is 11.4 Å². The van der Waals surface area contributed by atoms with Crippen molar-refractivity contribution in [3.05, 3.63) is 24.3 Å². The molecule has 174 valence electrons. The maximum absolute atomic E-state index is 13.1. The lowest BCUT2D eigenvalue weighted by Crippen LogP contribution is -2.48. The zero-order valence-corrected chi connectivity index (χ0v) is 19.7. The molecule has 0 radical (unpaired) electrons. The number of amides is 1. The highest BCUT2D eigenvalue weighted by atomic mass is 16.5. The van der Waals surface area contributed by atoms with Crippen molar-refractivity contribution in [2.24, 2.45) is 5.92 Å². The van der Waals surface area contributed by atoms with Crippen LogP contribution in [0.1, 0.15) is 78.1 Å². The predicted octanol–water partition coefficient (Wildman–Crippen LogP) is 5.65. The Morgan fingerprint density at radius 1 is 1.10 bits per heavy atom. The third kappa shape index (κ3) is 7.50. The molecule has 5 heteroatoms. The van der Waals surface area contributed by atoms with Crippen LogP contribution in [0.25, 0.3) is 0 Å². The van der Waals surface area contributed by atoms with Crippen molar-refractivity contribution in [2.45, 2.75) is 83.7 Å². The highest BCUT2D eigenvalue weighted by Crippen LogP contribution is 2.36. The minimum absolute atomic E-state index is 0.00128. The molecule has 2 fully saturated rings. The third-order valence-electron chi connectivity index (χ3n) is 6.65. The second kappa shape index (κ2) is 12.4. The molecule has 0 bridgehead atoms. The Bertz CT molecular complexity index is 655. The molecular formula is C26H42N2O3. The number of carbonyl (C=O) groups is 1. The number of carbonyl (C=O) groups excluding carboxylic acids is 1. The van der Waals surface area contributed by atoms with Crippen molar-refractivity contribution in [1.82, 2.24) is 4.90 Å². The average Bonchev–Trinajstić information content (AvgIpc) is 3.05. The summed E-state index contributed by atoms with van der Waals surface area (Å²) in [5, 5.41) is 3.10. The minimum atomic E-state index is -0.684. The zero-order valence-electron chi connectivity index (χ0n) is 19.7. The second-order valence-electron chi connectivity index (χ2n) is 9.48. The lowest BCUT2D eigenvalue weighted by molar-refractivity contribution is -0.148. The average molecular weight is 431 g/mol. The molecule has 1 aromatic rings. The van der Waals surface area contributed by atoms with Gasteiger partial charge >= 0.3 is 0 Å². The van der Waals surface area contributed by atoms with E-state index in [9.17, 15) is 4.79 Å².